The first-order valence-corrected chi connectivity index (χ1v) is 8.76. The number of aromatic amines is 1. The summed E-state index contributed by atoms with van der Waals surface area (Å²) in [6.45, 7) is 3.21. The highest BCUT2D eigenvalue weighted by Gasteiger charge is 2.21. The van der Waals surface area contributed by atoms with Crippen LogP contribution in [0.3, 0.4) is 0 Å². The van der Waals surface area contributed by atoms with Crippen molar-refractivity contribution in [3.05, 3.63) is 81.6 Å². The molecule has 134 valence electrons. The quantitative estimate of drug-likeness (QED) is 0.667. The maximum atomic E-state index is 13.0. The third-order valence-electron chi connectivity index (χ3n) is 4.31. The van der Waals surface area contributed by atoms with E-state index in [0.717, 1.165) is 11.4 Å². The number of H-pyrrole nitrogens is 1. The SMILES string of the molecule is CCOC(=O)c1[nH]c2ccccc2c(=O)c1C[NH+](C)Cc1ccccc1. The third-order valence-corrected chi connectivity index (χ3v) is 4.31. The zero-order valence-electron chi connectivity index (χ0n) is 15.0. The Morgan fingerprint density at radius 1 is 1.04 bits per heavy atom. The first kappa shape index (κ1) is 17.9. The predicted octanol–water partition coefficient (Wildman–Crippen LogP) is 1.92. The van der Waals surface area contributed by atoms with Gasteiger partial charge in [0.05, 0.1) is 19.2 Å². The molecule has 3 aromatic rings. The molecule has 1 atom stereocenters. The molecule has 1 unspecified atom stereocenters. The molecule has 0 bridgehead atoms. The van der Waals surface area contributed by atoms with E-state index >= 15 is 0 Å². The number of nitrogens with one attached hydrogen (secondary N) is 2. The molecule has 0 aliphatic carbocycles. The highest BCUT2D eigenvalue weighted by molar-refractivity contribution is 5.92. The number of quaternary nitrogens is 1. The molecule has 0 radical (unpaired) electrons. The first-order valence-electron chi connectivity index (χ1n) is 8.76. The molecule has 5 nitrogen and oxygen atoms in total. The van der Waals surface area contributed by atoms with Crippen LogP contribution in [-0.2, 0) is 17.8 Å². The lowest BCUT2D eigenvalue weighted by molar-refractivity contribution is -0.907. The standard InChI is InChI=1S/C21H22N2O3/c1-3-26-21(25)19-17(14-23(2)13-15-9-5-4-6-10-15)20(24)16-11-7-8-12-18(16)22-19/h4-12H,3,13-14H2,1-2H3,(H,22,24)/p+1. The third kappa shape index (κ3) is 3.83. The first-order chi connectivity index (χ1) is 12.6. The van der Waals surface area contributed by atoms with Crippen LogP contribution in [0.2, 0.25) is 0 Å². The van der Waals surface area contributed by atoms with E-state index in [4.69, 9.17) is 4.74 Å². The molecule has 1 heterocycles. The van der Waals surface area contributed by atoms with E-state index in [1.54, 1.807) is 19.1 Å². The van der Waals surface area contributed by atoms with Crippen molar-refractivity contribution < 1.29 is 14.4 Å². The summed E-state index contributed by atoms with van der Waals surface area (Å²) in [5.41, 5.74) is 2.43. The van der Waals surface area contributed by atoms with Gasteiger partial charge in [-0.3, -0.25) is 4.79 Å². The van der Waals surface area contributed by atoms with E-state index in [1.165, 1.54) is 5.56 Å². The predicted molar refractivity (Wildman–Crippen MR) is 101 cm³/mol. The van der Waals surface area contributed by atoms with Crippen molar-refractivity contribution in [3.8, 4) is 0 Å². The highest BCUT2D eigenvalue weighted by atomic mass is 16.5. The van der Waals surface area contributed by atoms with E-state index in [1.807, 2.05) is 37.4 Å². The molecule has 1 aromatic heterocycles. The Morgan fingerprint density at radius 3 is 2.46 bits per heavy atom. The fourth-order valence-electron chi connectivity index (χ4n) is 3.13. The average molecular weight is 351 g/mol. The summed E-state index contributed by atoms with van der Waals surface area (Å²) >= 11 is 0. The minimum absolute atomic E-state index is 0.116. The van der Waals surface area contributed by atoms with Crippen molar-refractivity contribution in [1.82, 2.24) is 4.98 Å². The number of ether oxygens (including phenoxy) is 1. The van der Waals surface area contributed by atoms with Gasteiger partial charge >= 0.3 is 5.97 Å². The van der Waals surface area contributed by atoms with Gasteiger partial charge in [0.1, 0.15) is 18.8 Å². The normalized spacial score (nSPS) is 12.1. The van der Waals surface area contributed by atoms with Gasteiger partial charge in [-0.05, 0) is 19.1 Å². The number of carbonyl (C=O) groups excluding carboxylic acids is 1. The number of rotatable bonds is 6. The van der Waals surface area contributed by atoms with Crippen molar-refractivity contribution in [3.63, 3.8) is 0 Å². The summed E-state index contributed by atoms with van der Waals surface area (Å²) in [7, 11) is 2.01. The molecule has 0 amide bonds. The van der Waals surface area contributed by atoms with E-state index in [0.29, 0.717) is 23.0 Å². The number of hydrogen-bond donors (Lipinski definition) is 2. The number of esters is 1. The Kier molecular flexibility index (Phi) is 5.49. The van der Waals surface area contributed by atoms with Crippen LogP contribution in [0, 0.1) is 0 Å². The summed E-state index contributed by atoms with van der Waals surface area (Å²) in [4.78, 5) is 29.6. The lowest BCUT2D eigenvalue weighted by atomic mass is 10.1. The molecule has 0 aliphatic rings. The van der Waals surface area contributed by atoms with Gasteiger partial charge < -0.3 is 14.6 Å². The van der Waals surface area contributed by atoms with Crippen molar-refractivity contribution in [2.24, 2.45) is 0 Å². The van der Waals surface area contributed by atoms with Crippen molar-refractivity contribution in [2.45, 2.75) is 20.0 Å². The fraction of sp³-hybridized carbons (Fsp3) is 0.238. The van der Waals surface area contributed by atoms with Crippen LogP contribution < -0.4 is 10.3 Å². The number of aromatic nitrogens is 1. The van der Waals surface area contributed by atoms with Crippen molar-refractivity contribution in [2.75, 3.05) is 13.7 Å². The second-order valence-corrected chi connectivity index (χ2v) is 6.37. The van der Waals surface area contributed by atoms with Crippen LogP contribution in [0.15, 0.2) is 59.4 Å². The minimum atomic E-state index is -0.488. The molecule has 2 N–H and O–H groups in total. The number of hydrogen-bond acceptors (Lipinski definition) is 3. The summed E-state index contributed by atoms with van der Waals surface area (Å²) < 4.78 is 5.15. The summed E-state index contributed by atoms with van der Waals surface area (Å²) in [5, 5.41) is 0.586. The van der Waals surface area contributed by atoms with Gasteiger partial charge in [-0.2, -0.15) is 0 Å². The van der Waals surface area contributed by atoms with Gasteiger partial charge in [0.15, 0.2) is 5.43 Å². The molecule has 26 heavy (non-hydrogen) atoms. The molecule has 0 saturated carbocycles. The number of para-hydroxylation sites is 1. The molecule has 5 heteroatoms. The van der Waals surface area contributed by atoms with Gasteiger partial charge in [-0.25, -0.2) is 4.79 Å². The highest BCUT2D eigenvalue weighted by Crippen LogP contribution is 2.12. The van der Waals surface area contributed by atoms with Crippen LogP contribution in [0.5, 0.6) is 0 Å². The van der Waals surface area contributed by atoms with Gasteiger partial charge in [0, 0.05) is 16.5 Å². The van der Waals surface area contributed by atoms with Gasteiger partial charge in [-0.15, -0.1) is 0 Å². The molecular formula is C21H23N2O3+. The number of carbonyl (C=O) groups is 1. The largest absolute Gasteiger partial charge is 0.461 e. The van der Waals surface area contributed by atoms with Crippen molar-refractivity contribution in [1.29, 1.82) is 0 Å². The lowest BCUT2D eigenvalue weighted by Crippen LogP contribution is -3.06. The van der Waals surface area contributed by atoms with E-state index in [-0.39, 0.29) is 17.7 Å². The Bertz CT molecular complexity index is 964. The second kappa shape index (κ2) is 7.97. The van der Waals surface area contributed by atoms with Crippen LogP contribution in [0.25, 0.3) is 10.9 Å². The van der Waals surface area contributed by atoms with Crippen LogP contribution in [0.4, 0.5) is 0 Å². The van der Waals surface area contributed by atoms with E-state index in [2.05, 4.69) is 17.1 Å². The maximum absolute atomic E-state index is 13.0. The van der Waals surface area contributed by atoms with Crippen LogP contribution in [0.1, 0.15) is 28.5 Å². The summed E-state index contributed by atoms with van der Waals surface area (Å²) in [6, 6.07) is 17.3. The van der Waals surface area contributed by atoms with Gasteiger partial charge in [-0.1, -0.05) is 42.5 Å². The van der Waals surface area contributed by atoms with Gasteiger partial charge in [0.2, 0.25) is 0 Å². The van der Waals surface area contributed by atoms with Crippen molar-refractivity contribution >= 4 is 16.9 Å². The van der Waals surface area contributed by atoms with Gasteiger partial charge in [0.25, 0.3) is 0 Å². The fourth-order valence-corrected chi connectivity index (χ4v) is 3.13. The Hall–Kier alpha value is -2.92. The molecule has 0 aliphatic heterocycles. The van der Waals surface area contributed by atoms with E-state index < -0.39 is 5.97 Å². The summed E-state index contributed by atoms with van der Waals surface area (Å²) in [6.07, 6.45) is 0. The Morgan fingerprint density at radius 2 is 1.73 bits per heavy atom. The topological polar surface area (TPSA) is 63.6 Å². The van der Waals surface area contributed by atoms with E-state index in [9.17, 15) is 9.59 Å². The Labute approximate surface area is 152 Å². The molecule has 0 saturated heterocycles. The number of fused-ring (bicyclic) bond motifs is 1. The monoisotopic (exact) mass is 351 g/mol. The molecule has 0 spiro atoms. The second-order valence-electron chi connectivity index (χ2n) is 6.37. The number of pyridine rings is 1. The van der Waals surface area contributed by atoms with Crippen LogP contribution in [-0.4, -0.2) is 24.6 Å². The lowest BCUT2D eigenvalue weighted by Gasteiger charge is -2.16. The van der Waals surface area contributed by atoms with Crippen LogP contribution >= 0.6 is 0 Å². The number of benzene rings is 2. The zero-order valence-corrected chi connectivity index (χ0v) is 15.0. The summed E-state index contributed by atoms with van der Waals surface area (Å²) in [5.74, 6) is -0.488. The molecule has 0 fully saturated rings. The maximum Gasteiger partial charge on any atom is 0.355 e. The minimum Gasteiger partial charge on any atom is -0.461 e. The zero-order chi connectivity index (χ0) is 18.5. The Balaban J connectivity index is 1.99. The molecule has 3 rings (SSSR count). The molecular weight excluding hydrogens is 328 g/mol. The average Bonchev–Trinajstić information content (AvgIpc) is 2.65. The molecule has 2 aromatic carbocycles. The smallest absolute Gasteiger partial charge is 0.355 e.